The molecule has 2 heterocycles. The fourth-order valence-corrected chi connectivity index (χ4v) is 2.92. The molecule has 0 aliphatic rings. The molecule has 0 radical (unpaired) electrons. The number of thioether (sulfide) groups is 1. The molecule has 0 saturated carbocycles. The predicted molar refractivity (Wildman–Crippen MR) is 72.6 cm³/mol. The molecule has 0 aliphatic heterocycles. The second-order valence-corrected chi connectivity index (χ2v) is 5.79. The zero-order valence-corrected chi connectivity index (χ0v) is 11.4. The van der Waals surface area contributed by atoms with Crippen LogP contribution < -0.4 is 5.32 Å². The number of carboxylic acid groups (broad SMARTS) is 1. The highest BCUT2D eigenvalue weighted by atomic mass is 32.2. The van der Waals surface area contributed by atoms with Crippen LogP contribution >= 0.6 is 23.1 Å². The third-order valence-electron chi connectivity index (χ3n) is 2.17. The van der Waals surface area contributed by atoms with E-state index in [0.29, 0.717) is 11.5 Å². The summed E-state index contributed by atoms with van der Waals surface area (Å²) < 4.78 is 6.11. The summed E-state index contributed by atoms with van der Waals surface area (Å²) >= 11 is 3.05. The maximum atomic E-state index is 11.6. The van der Waals surface area contributed by atoms with Gasteiger partial charge in [0.2, 0.25) is 11.7 Å². The number of furan rings is 1. The number of amides is 1. The second kappa shape index (κ2) is 6.44. The summed E-state index contributed by atoms with van der Waals surface area (Å²) in [6.07, 6.45) is 0. The number of hydrogen-bond donors (Lipinski definition) is 2. The van der Waals surface area contributed by atoms with Gasteiger partial charge in [0.25, 0.3) is 0 Å². The molecular formula is C12H11NO4S2. The van der Waals surface area contributed by atoms with E-state index < -0.39 is 5.97 Å². The van der Waals surface area contributed by atoms with Crippen molar-refractivity contribution in [1.29, 1.82) is 0 Å². The normalized spacial score (nSPS) is 10.3. The molecule has 0 saturated heterocycles. The Balaban J connectivity index is 1.75. The Bertz CT molecular complexity index is 562. The van der Waals surface area contributed by atoms with Gasteiger partial charge in [-0.1, -0.05) is 6.07 Å². The van der Waals surface area contributed by atoms with Gasteiger partial charge in [-0.15, -0.1) is 23.1 Å². The Labute approximate surface area is 117 Å². The minimum absolute atomic E-state index is 0.119. The summed E-state index contributed by atoms with van der Waals surface area (Å²) in [7, 11) is 0. The van der Waals surface area contributed by atoms with Gasteiger partial charge in [-0.2, -0.15) is 0 Å². The number of carbonyl (C=O) groups excluding carboxylic acids is 1. The molecule has 2 aromatic heterocycles. The lowest BCUT2D eigenvalue weighted by Gasteiger charge is -2.02. The number of hydrogen-bond acceptors (Lipinski definition) is 5. The van der Waals surface area contributed by atoms with E-state index in [-0.39, 0.29) is 18.2 Å². The third kappa shape index (κ3) is 4.15. The van der Waals surface area contributed by atoms with E-state index in [1.165, 1.54) is 23.9 Å². The molecule has 0 aliphatic carbocycles. The summed E-state index contributed by atoms with van der Waals surface area (Å²) in [5.74, 6) is -0.617. The van der Waals surface area contributed by atoms with Gasteiger partial charge < -0.3 is 14.8 Å². The first-order valence-corrected chi connectivity index (χ1v) is 7.26. The Kier molecular flexibility index (Phi) is 4.64. The number of carbonyl (C=O) groups is 2. The van der Waals surface area contributed by atoms with Crippen LogP contribution in [0.4, 0.5) is 0 Å². The average Bonchev–Trinajstić information content (AvgIpc) is 3.05. The Morgan fingerprint density at radius 1 is 1.37 bits per heavy atom. The molecule has 2 N–H and O–H groups in total. The van der Waals surface area contributed by atoms with Crippen molar-refractivity contribution in [2.24, 2.45) is 0 Å². The quantitative estimate of drug-likeness (QED) is 0.801. The van der Waals surface area contributed by atoms with Crippen molar-refractivity contribution in [3.8, 4) is 0 Å². The van der Waals surface area contributed by atoms with Crippen LogP contribution in [-0.4, -0.2) is 22.7 Å². The highest BCUT2D eigenvalue weighted by Gasteiger charge is 2.10. The van der Waals surface area contributed by atoms with Crippen molar-refractivity contribution < 1.29 is 19.1 Å². The lowest BCUT2D eigenvalue weighted by Crippen LogP contribution is -2.24. The van der Waals surface area contributed by atoms with Gasteiger partial charge in [-0.25, -0.2) is 4.79 Å². The van der Waals surface area contributed by atoms with Gasteiger partial charge in [0.05, 0.1) is 16.5 Å². The van der Waals surface area contributed by atoms with Crippen LogP contribution in [0.25, 0.3) is 0 Å². The van der Waals surface area contributed by atoms with E-state index >= 15 is 0 Å². The van der Waals surface area contributed by atoms with Crippen LogP contribution in [-0.2, 0) is 11.3 Å². The topological polar surface area (TPSA) is 79.5 Å². The van der Waals surface area contributed by atoms with E-state index in [1.807, 2.05) is 17.5 Å². The van der Waals surface area contributed by atoms with Crippen LogP contribution in [0.5, 0.6) is 0 Å². The molecule has 0 aromatic carbocycles. The van der Waals surface area contributed by atoms with E-state index in [2.05, 4.69) is 5.32 Å². The van der Waals surface area contributed by atoms with Crippen LogP contribution in [0.3, 0.4) is 0 Å². The Morgan fingerprint density at radius 2 is 2.21 bits per heavy atom. The number of rotatable bonds is 6. The smallest absolute Gasteiger partial charge is 0.371 e. The van der Waals surface area contributed by atoms with Crippen LogP contribution in [0, 0.1) is 0 Å². The van der Waals surface area contributed by atoms with Gasteiger partial charge in [-0.3, -0.25) is 4.79 Å². The molecule has 7 heteroatoms. The summed E-state index contributed by atoms with van der Waals surface area (Å²) in [5.41, 5.74) is 0. The van der Waals surface area contributed by atoms with Gasteiger partial charge >= 0.3 is 5.97 Å². The molecule has 0 bridgehead atoms. The van der Waals surface area contributed by atoms with Gasteiger partial charge in [0, 0.05) is 0 Å². The lowest BCUT2D eigenvalue weighted by molar-refractivity contribution is -0.118. The number of nitrogens with one attached hydrogen (secondary N) is 1. The van der Waals surface area contributed by atoms with E-state index in [0.717, 1.165) is 4.21 Å². The summed E-state index contributed by atoms with van der Waals surface area (Å²) in [6, 6.07) is 6.79. The minimum Gasteiger partial charge on any atom is -0.475 e. The van der Waals surface area contributed by atoms with Crippen molar-refractivity contribution >= 4 is 35.0 Å². The zero-order valence-electron chi connectivity index (χ0n) is 9.79. The standard InChI is InChI=1S/C12H11NO4S2/c14-10(7-19-11-2-1-5-18-11)13-6-8-3-4-9(17-8)12(15)16/h1-5H,6-7H2,(H,13,14)(H,15,16). The van der Waals surface area contributed by atoms with Crippen molar-refractivity contribution in [2.75, 3.05) is 5.75 Å². The summed E-state index contributed by atoms with van der Waals surface area (Å²) in [5, 5.41) is 13.3. The van der Waals surface area contributed by atoms with E-state index in [4.69, 9.17) is 9.52 Å². The fraction of sp³-hybridized carbons (Fsp3) is 0.167. The molecule has 0 atom stereocenters. The first-order valence-electron chi connectivity index (χ1n) is 5.40. The number of aromatic carboxylic acids is 1. The van der Waals surface area contributed by atoms with E-state index in [1.54, 1.807) is 11.3 Å². The number of carboxylic acids is 1. The molecule has 2 aromatic rings. The molecular weight excluding hydrogens is 286 g/mol. The van der Waals surface area contributed by atoms with Gasteiger partial charge in [0.15, 0.2) is 0 Å². The molecule has 19 heavy (non-hydrogen) atoms. The Hall–Kier alpha value is -1.73. The fourth-order valence-electron chi connectivity index (χ4n) is 1.31. The third-order valence-corrected chi connectivity index (χ3v) is 4.30. The first-order chi connectivity index (χ1) is 9.15. The summed E-state index contributed by atoms with van der Waals surface area (Å²) in [6.45, 7) is 0.192. The maximum Gasteiger partial charge on any atom is 0.371 e. The SMILES string of the molecule is O=C(CSc1cccs1)NCc1ccc(C(=O)O)o1. The van der Waals surface area contributed by atoms with Crippen LogP contribution in [0.15, 0.2) is 38.3 Å². The Morgan fingerprint density at radius 3 is 2.84 bits per heavy atom. The maximum absolute atomic E-state index is 11.6. The molecule has 0 unspecified atom stereocenters. The summed E-state index contributed by atoms with van der Waals surface area (Å²) in [4.78, 5) is 22.2. The molecule has 100 valence electrons. The molecule has 0 fully saturated rings. The predicted octanol–water partition coefficient (Wildman–Crippen LogP) is 2.45. The average molecular weight is 297 g/mol. The molecule has 5 nitrogen and oxygen atoms in total. The minimum atomic E-state index is -1.12. The van der Waals surface area contributed by atoms with Crippen molar-refractivity contribution in [3.63, 3.8) is 0 Å². The van der Waals surface area contributed by atoms with Crippen LogP contribution in [0.1, 0.15) is 16.3 Å². The largest absolute Gasteiger partial charge is 0.475 e. The second-order valence-electron chi connectivity index (χ2n) is 3.57. The monoisotopic (exact) mass is 297 g/mol. The highest BCUT2D eigenvalue weighted by molar-refractivity contribution is 8.01. The number of thiophene rings is 1. The van der Waals surface area contributed by atoms with Gasteiger partial charge in [-0.05, 0) is 23.6 Å². The molecule has 1 amide bonds. The van der Waals surface area contributed by atoms with Crippen molar-refractivity contribution in [3.05, 3.63) is 41.2 Å². The zero-order chi connectivity index (χ0) is 13.7. The molecule has 2 rings (SSSR count). The van der Waals surface area contributed by atoms with Crippen molar-refractivity contribution in [1.82, 2.24) is 5.32 Å². The van der Waals surface area contributed by atoms with Gasteiger partial charge in [0.1, 0.15) is 5.76 Å². The van der Waals surface area contributed by atoms with Crippen LogP contribution in [0.2, 0.25) is 0 Å². The van der Waals surface area contributed by atoms with Crippen molar-refractivity contribution in [2.45, 2.75) is 10.8 Å². The highest BCUT2D eigenvalue weighted by Crippen LogP contribution is 2.22. The molecule has 0 spiro atoms. The first kappa shape index (κ1) is 13.7. The van der Waals surface area contributed by atoms with E-state index in [9.17, 15) is 9.59 Å². The lowest BCUT2D eigenvalue weighted by atomic mass is 10.4.